The third kappa shape index (κ3) is 4.96. The van der Waals surface area contributed by atoms with Crippen LogP contribution < -0.4 is 10.1 Å². The molecule has 0 bridgehead atoms. The lowest BCUT2D eigenvalue weighted by molar-refractivity contribution is -0.124. The second kappa shape index (κ2) is 8.92. The monoisotopic (exact) mass is 318 g/mol. The summed E-state index contributed by atoms with van der Waals surface area (Å²) in [6, 6.07) is 8.48. The summed E-state index contributed by atoms with van der Waals surface area (Å²) >= 11 is 0. The van der Waals surface area contributed by atoms with Crippen molar-refractivity contribution < 1.29 is 9.53 Å². The van der Waals surface area contributed by atoms with Crippen molar-refractivity contribution in [2.24, 2.45) is 5.92 Å². The molecule has 1 fully saturated rings. The fraction of sp³-hybridized carbons (Fsp3) is 0.632. The lowest BCUT2D eigenvalue weighted by Gasteiger charge is -2.28. The summed E-state index contributed by atoms with van der Waals surface area (Å²) in [5.41, 5.74) is 1.25. The Hall–Kier alpha value is -1.55. The Kier molecular flexibility index (Phi) is 6.90. The molecule has 0 aromatic heterocycles. The second-order valence-corrected chi connectivity index (χ2v) is 6.47. The number of likely N-dealkylation sites (tertiary alicyclic amines) is 1. The molecule has 1 aromatic carbocycles. The Morgan fingerprint density at radius 2 is 1.91 bits per heavy atom. The number of benzene rings is 1. The largest absolute Gasteiger partial charge is 0.497 e. The zero-order chi connectivity index (χ0) is 16.7. The van der Waals surface area contributed by atoms with E-state index in [4.69, 9.17) is 4.74 Å². The van der Waals surface area contributed by atoms with Gasteiger partial charge in [0.05, 0.1) is 13.2 Å². The van der Waals surface area contributed by atoms with Crippen LogP contribution in [0.4, 0.5) is 0 Å². The predicted molar refractivity (Wildman–Crippen MR) is 93.6 cm³/mol. The first-order chi connectivity index (χ1) is 11.2. The molecule has 0 saturated carbocycles. The van der Waals surface area contributed by atoms with E-state index in [0.29, 0.717) is 6.54 Å². The van der Waals surface area contributed by atoms with E-state index in [-0.39, 0.29) is 17.9 Å². The number of rotatable bonds is 8. The summed E-state index contributed by atoms with van der Waals surface area (Å²) in [4.78, 5) is 14.7. The maximum Gasteiger partial charge on any atom is 0.222 e. The molecule has 1 aliphatic rings. The number of nitrogens with one attached hydrogen (secondary N) is 1. The fourth-order valence-electron chi connectivity index (χ4n) is 3.27. The second-order valence-electron chi connectivity index (χ2n) is 6.47. The van der Waals surface area contributed by atoms with Crippen molar-refractivity contribution >= 4 is 5.91 Å². The minimum Gasteiger partial charge on any atom is -0.497 e. The Labute approximate surface area is 140 Å². The molecule has 2 rings (SSSR count). The highest BCUT2D eigenvalue weighted by atomic mass is 16.5. The molecule has 128 valence electrons. The van der Waals surface area contributed by atoms with Crippen LogP contribution in [0.5, 0.6) is 5.75 Å². The molecule has 1 aliphatic heterocycles. The first-order valence-electron chi connectivity index (χ1n) is 8.81. The van der Waals surface area contributed by atoms with Crippen LogP contribution in [0.1, 0.15) is 51.1 Å². The maximum absolute atomic E-state index is 12.2. The van der Waals surface area contributed by atoms with E-state index in [2.05, 4.69) is 29.3 Å². The van der Waals surface area contributed by atoms with Gasteiger partial charge >= 0.3 is 0 Å². The molecule has 4 heteroatoms. The zero-order valence-corrected chi connectivity index (χ0v) is 14.7. The van der Waals surface area contributed by atoms with Crippen LogP contribution in [-0.4, -0.2) is 37.6 Å². The predicted octanol–water partition coefficient (Wildman–Crippen LogP) is 3.38. The minimum atomic E-state index is 0.0927. The van der Waals surface area contributed by atoms with Crippen molar-refractivity contribution in [1.82, 2.24) is 10.2 Å². The molecule has 0 radical (unpaired) electrons. The van der Waals surface area contributed by atoms with Crippen molar-refractivity contribution in [2.45, 2.75) is 45.6 Å². The minimum absolute atomic E-state index is 0.0927. The van der Waals surface area contributed by atoms with Gasteiger partial charge in [-0.25, -0.2) is 0 Å². The van der Waals surface area contributed by atoms with Gasteiger partial charge in [-0.1, -0.05) is 32.4 Å². The van der Waals surface area contributed by atoms with Crippen molar-refractivity contribution in [3.05, 3.63) is 29.8 Å². The van der Waals surface area contributed by atoms with Crippen molar-refractivity contribution in [2.75, 3.05) is 26.7 Å². The van der Waals surface area contributed by atoms with E-state index in [1.54, 1.807) is 7.11 Å². The Balaban J connectivity index is 2.03. The van der Waals surface area contributed by atoms with E-state index >= 15 is 0 Å². The molecule has 0 aliphatic carbocycles. The van der Waals surface area contributed by atoms with Gasteiger partial charge in [0.15, 0.2) is 0 Å². The third-order valence-corrected chi connectivity index (χ3v) is 4.72. The summed E-state index contributed by atoms with van der Waals surface area (Å²) in [5, 5.41) is 3.16. The van der Waals surface area contributed by atoms with Crippen molar-refractivity contribution in [3.8, 4) is 5.75 Å². The van der Waals surface area contributed by atoms with E-state index in [1.165, 1.54) is 18.4 Å². The van der Waals surface area contributed by atoms with Gasteiger partial charge in [0, 0.05) is 12.5 Å². The molecule has 2 unspecified atom stereocenters. The molecule has 1 aromatic rings. The third-order valence-electron chi connectivity index (χ3n) is 4.72. The highest BCUT2D eigenvalue weighted by Gasteiger charge is 2.24. The lowest BCUT2D eigenvalue weighted by Crippen LogP contribution is -2.38. The number of nitrogens with zero attached hydrogens (tertiary/aromatic N) is 1. The van der Waals surface area contributed by atoms with Gasteiger partial charge in [0.1, 0.15) is 5.75 Å². The molecule has 1 heterocycles. The van der Waals surface area contributed by atoms with Crippen LogP contribution >= 0.6 is 0 Å². The Morgan fingerprint density at radius 3 is 2.48 bits per heavy atom. The topological polar surface area (TPSA) is 41.6 Å². The standard InChI is InChI=1S/C19H30N2O2/c1-4-7-15(2)19(22)20-14-18(21-12-5-6-13-21)16-8-10-17(23-3)11-9-16/h8-11,15,18H,4-7,12-14H2,1-3H3,(H,20,22). The van der Waals surface area contributed by atoms with Gasteiger partial charge in [-0.2, -0.15) is 0 Å². The fourth-order valence-corrected chi connectivity index (χ4v) is 3.27. The van der Waals surface area contributed by atoms with E-state index < -0.39 is 0 Å². The first kappa shape index (κ1) is 17.8. The average molecular weight is 318 g/mol. The number of hydrogen-bond acceptors (Lipinski definition) is 3. The van der Waals surface area contributed by atoms with E-state index in [0.717, 1.165) is 31.7 Å². The molecule has 1 N–H and O–H groups in total. The number of carbonyl (C=O) groups excluding carboxylic acids is 1. The summed E-state index contributed by atoms with van der Waals surface area (Å²) in [5.74, 6) is 1.13. The molecule has 1 amide bonds. The summed E-state index contributed by atoms with van der Waals surface area (Å²) in [6.45, 7) is 7.03. The molecule has 23 heavy (non-hydrogen) atoms. The van der Waals surface area contributed by atoms with E-state index in [1.807, 2.05) is 19.1 Å². The van der Waals surface area contributed by atoms with Crippen LogP contribution in [0.25, 0.3) is 0 Å². The van der Waals surface area contributed by atoms with E-state index in [9.17, 15) is 4.79 Å². The highest BCUT2D eigenvalue weighted by molar-refractivity contribution is 5.78. The summed E-state index contributed by atoms with van der Waals surface area (Å²) < 4.78 is 5.25. The molecule has 4 nitrogen and oxygen atoms in total. The van der Waals surface area contributed by atoms with Crippen LogP contribution in [-0.2, 0) is 4.79 Å². The summed E-state index contributed by atoms with van der Waals surface area (Å²) in [7, 11) is 1.68. The lowest BCUT2D eigenvalue weighted by atomic mass is 10.0. The van der Waals surface area contributed by atoms with Crippen molar-refractivity contribution in [3.63, 3.8) is 0 Å². The molecular formula is C19H30N2O2. The highest BCUT2D eigenvalue weighted by Crippen LogP contribution is 2.26. The van der Waals surface area contributed by atoms with Crippen LogP contribution in [0, 0.1) is 5.92 Å². The van der Waals surface area contributed by atoms with Crippen molar-refractivity contribution in [1.29, 1.82) is 0 Å². The van der Waals surface area contributed by atoms with Crippen LogP contribution in [0.15, 0.2) is 24.3 Å². The van der Waals surface area contributed by atoms with Crippen LogP contribution in [0.2, 0.25) is 0 Å². The van der Waals surface area contributed by atoms with Crippen LogP contribution in [0.3, 0.4) is 0 Å². The van der Waals surface area contributed by atoms with Gasteiger partial charge in [-0.05, 0) is 50.0 Å². The number of carbonyl (C=O) groups is 1. The normalized spacial score (nSPS) is 17.7. The number of amides is 1. The maximum atomic E-state index is 12.2. The molecular weight excluding hydrogens is 288 g/mol. The quantitative estimate of drug-likeness (QED) is 0.799. The first-order valence-corrected chi connectivity index (χ1v) is 8.81. The Morgan fingerprint density at radius 1 is 1.26 bits per heavy atom. The smallest absolute Gasteiger partial charge is 0.222 e. The summed E-state index contributed by atoms with van der Waals surface area (Å²) in [6.07, 6.45) is 4.48. The zero-order valence-electron chi connectivity index (χ0n) is 14.7. The van der Waals surface area contributed by atoms with Gasteiger partial charge < -0.3 is 10.1 Å². The van der Waals surface area contributed by atoms with Gasteiger partial charge in [-0.3, -0.25) is 9.69 Å². The average Bonchev–Trinajstić information content (AvgIpc) is 3.10. The number of ether oxygens (including phenoxy) is 1. The Bertz CT molecular complexity index is 481. The SMILES string of the molecule is CCCC(C)C(=O)NCC(c1ccc(OC)cc1)N1CCCC1. The van der Waals surface area contributed by atoms with Gasteiger partial charge in [-0.15, -0.1) is 0 Å². The van der Waals surface area contributed by atoms with Gasteiger partial charge in [0.25, 0.3) is 0 Å². The van der Waals surface area contributed by atoms with Gasteiger partial charge in [0.2, 0.25) is 5.91 Å². The molecule has 2 atom stereocenters. The molecule has 1 saturated heterocycles. The molecule has 0 spiro atoms. The number of methoxy groups -OCH3 is 1. The number of hydrogen-bond donors (Lipinski definition) is 1.